The number of rotatable bonds is 6. The molecule has 0 amide bonds. The number of aromatic nitrogens is 2. The SMILES string of the molecule is COc1cc(N2CCOCC2)ccc1Nc1cc2c(nn1)NCCN2Cc1cc(Cl)ccc1Cl. The van der Waals surface area contributed by atoms with Crippen LogP contribution in [0.3, 0.4) is 0 Å². The second-order valence-electron chi connectivity index (χ2n) is 8.16. The zero-order chi connectivity index (χ0) is 23.5. The maximum Gasteiger partial charge on any atom is 0.172 e. The first-order chi connectivity index (χ1) is 16.6. The van der Waals surface area contributed by atoms with Gasteiger partial charge in [-0.2, -0.15) is 0 Å². The van der Waals surface area contributed by atoms with E-state index in [2.05, 4.69) is 36.7 Å². The van der Waals surface area contributed by atoms with Gasteiger partial charge in [0.05, 0.1) is 31.7 Å². The summed E-state index contributed by atoms with van der Waals surface area (Å²) in [6.45, 7) is 5.39. The normalized spacial score (nSPS) is 15.5. The van der Waals surface area contributed by atoms with Gasteiger partial charge in [-0.05, 0) is 35.9 Å². The van der Waals surface area contributed by atoms with E-state index >= 15 is 0 Å². The number of halogens is 2. The highest BCUT2D eigenvalue weighted by Gasteiger charge is 2.21. The zero-order valence-corrected chi connectivity index (χ0v) is 20.4. The molecule has 2 aromatic carbocycles. The van der Waals surface area contributed by atoms with Crippen molar-refractivity contribution in [2.45, 2.75) is 6.54 Å². The molecule has 0 unspecified atom stereocenters. The van der Waals surface area contributed by atoms with Crippen LogP contribution in [0.2, 0.25) is 10.0 Å². The van der Waals surface area contributed by atoms with Gasteiger partial charge in [0, 0.05) is 60.6 Å². The topological polar surface area (TPSA) is 74.8 Å². The Labute approximate surface area is 208 Å². The van der Waals surface area contributed by atoms with E-state index in [1.165, 1.54) is 0 Å². The summed E-state index contributed by atoms with van der Waals surface area (Å²) in [7, 11) is 1.67. The highest BCUT2D eigenvalue weighted by Crippen LogP contribution is 2.35. The lowest BCUT2D eigenvalue weighted by Crippen LogP contribution is -2.36. The van der Waals surface area contributed by atoms with Gasteiger partial charge in [-0.1, -0.05) is 23.2 Å². The van der Waals surface area contributed by atoms with Crippen LogP contribution in [0.4, 0.5) is 28.7 Å². The largest absolute Gasteiger partial charge is 0.494 e. The molecule has 2 aliphatic heterocycles. The Morgan fingerprint density at radius 3 is 2.74 bits per heavy atom. The number of anilines is 5. The van der Waals surface area contributed by atoms with Gasteiger partial charge in [-0.25, -0.2) is 0 Å². The molecule has 0 aliphatic carbocycles. The molecule has 1 aromatic heterocycles. The summed E-state index contributed by atoms with van der Waals surface area (Å²) in [5, 5.41) is 16.8. The molecular formula is C24H26Cl2N6O2. The fourth-order valence-corrected chi connectivity index (χ4v) is 4.59. The maximum atomic E-state index is 6.42. The molecule has 3 aromatic rings. The van der Waals surface area contributed by atoms with Crippen molar-refractivity contribution in [1.82, 2.24) is 10.2 Å². The molecule has 5 rings (SSSR count). The number of ether oxygens (including phenoxy) is 2. The van der Waals surface area contributed by atoms with Gasteiger partial charge in [-0.3, -0.25) is 0 Å². The molecule has 0 saturated carbocycles. The van der Waals surface area contributed by atoms with E-state index in [4.69, 9.17) is 32.7 Å². The van der Waals surface area contributed by atoms with Gasteiger partial charge in [-0.15, -0.1) is 10.2 Å². The quantitative estimate of drug-likeness (QED) is 0.499. The Hall–Kier alpha value is -2.94. The highest BCUT2D eigenvalue weighted by molar-refractivity contribution is 6.33. The van der Waals surface area contributed by atoms with Gasteiger partial charge >= 0.3 is 0 Å². The predicted octanol–water partition coefficient (Wildman–Crippen LogP) is 4.80. The first-order valence-electron chi connectivity index (χ1n) is 11.2. The van der Waals surface area contributed by atoms with Crippen LogP contribution < -0.4 is 25.2 Å². The summed E-state index contributed by atoms with van der Waals surface area (Å²) in [6.07, 6.45) is 0. The molecule has 3 heterocycles. The van der Waals surface area contributed by atoms with Crippen molar-refractivity contribution in [3.63, 3.8) is 0 Å². The predicted molar refractivity (Wildman–Crippen MR) is 137 cm³/mol. The third kappa shape index (κ3) is 4.94. The lowest BCUT2D eigenvalue weighted by molar-refractivity contribution is 0.122. The summed E-state index contributed by atoms with van der Waals surface area (Å²) >= 11 is 12.6. The van der Waals surface area contributed by atoms with Crippen LogP contribution in [0.25, 0.3) is 0 Å². The fourth-order valence-electron chi connectivity index (χ4n) is 4.21. The van der Waals surface area contributed by atoms with E-state index in [0.717, 1.165) is 73.6 Å². The number of nitrogens with one attached hydrogen (secondary N) is 2. The van der Waals surface area contributed by atoms with E-state index in [9.17, 15) is 0 Å². The molecule has 0 radical (unpaired) electrons. The van der Waals surface area contributed by atoms with Crippen LogP contribution in [0, 0.1) is 0 Å². The van der Waals surface area contributed by atoms with E-state index in [0.29, 0.717) is 22.4 Å². The minimum Gasteiger partial charge on any atom is -0.494 e. The number of hydrogen-bond donors (Lipinski definition) is 2. The van der Waals surface area contributed by atoms with Gasteiger partial charge in [0.25, 0.3) is 0 Å². The van der Waals surface area contributed by atoms with Crippen LogP contribution >= 0.6 is 23.2 Å². The van der Waals surface area contributed by atoms with Crippen LogP contribution in [0.5, 0.6) is 5.75 Å². The van der Waals surface area contributed by atoms with Crippen molar-refractivity contribution in [1.29, 1.82) is 0 Å². The van der Waals surface area contributed by atoms with E-state index in [1.807, 2.05) is 30.3 Å². The molecule has 1 fully saturated rings. The van der Waals surface area contributed by atoms with Gasteiger partial charge < -0.3 is 29.9 Å². The van der Waals surface area contributed by atoms with Crippen LogP contribution in [-0.4, -0.2) is 56.7 Å². The molecule has 10 heteroatoms. The molecule has 1 saturated heterocycles. The van der Waals surface area contributed by atoms with Crippen LogP contribution in [-0.2, 0) is 11.3 Å². The van der Waals surface area contributed by atoms with Gasteiger partial charge in [0.15, 0.2) is 11.6 Å². The van der Waals surface area contributed by atoms with Crippen molar-refractivity contribution in [3.05, 3.63) is 58.1 Å². The molecule has 2 N–H and O–H groups in total. The van der Waals surface area contributed by atoms with Crippen molar-refractivity contribution in [2.75, 3.05) is 66.9 Å². The second kappa shape index (κ2) is 10.1. The number of nitrogens with zero attached hydrogens (tertiary/aromatic N) is 4. The average Bonchev–Trinajstić information content (AvgIpc) is 2.87. The standard InChI is InChI=1S/C24H26Cl2N6O2/c1-33-22-13-18(31-8-10-34-11-9-31)3-5-20(22)28-23-14-21-24(30-29-23)27-6-7-32(21)15-16-12-17(25)2-4-19(16)26/h2-5,12-14H,6-11,15H2,1H3,(H,27,30)(H,28,29). The van der Waals surface area contributed by atoms with Crippen molar-refractivity contribution >= 4 is 51.9 Å². The smallest absolute Gasteiger partial charge is 0.172 e. The number of methoxy groups -OCH3 is 1. The maximum absolute atomic E-state index is 6.42. The summed E-state index contributed by atoms with van der Waals surface area (Å²) in [6, 6.07) is 13.6. The molecule has 0 spiro atoms. The monoisotopic (exact) mass is 500 g/mol. The third-order valence-corrected chi connectivity index (χ3v) is 6.59. The Morgan fingerprint density at radius 2 is 1.91 bits per heavy atom. The molecule has 0 atom stereocenters. The second-order valence-corrected chi connectivity index (χ2v) is 9.00. The molecule has 0 bridgehead atoms. The average molecular weight is 501 g/mol. The van der Waals surface area contributed by atoms with E-state index < -0.39 is 0 Å². The molecular weight excluding hydrogens is 475 g/mol. The summed E-state index contributed by atoms with van der Waals surface area (Å²) in [5.41, 5.74) is 3.84. The minimum absolute atomic E-state index is 0.622. The van der Waals surface area contributed by atoms with Crippen LogP contribution in [0.1, 0.15) is 5.56 Å². The lowest BCUT2D eigenvalue weighted by atomic mass is 10.2. The fraction of sp³-hybridized carbons (Fsp3) is 0.333. The Kier molecular flexibility index (Phi) is 6.80. The molecule has 8 nitrogen and oxygen atoms in total. The van der Waals surface area contributed by atoms with Crippen molar-refractivity contribution in [3.8, 4) is 5.75 Å². The number of benzene rings is 2. The summed E-state index contributed by atoms with van der Waals surface area (Å²) in [5.74, 6) is 2.11. The van der Waals surface area contributed by atoms with E-state index in [1.54, 1.807) is 13.2 Å². The zero-order valence-electron chi connectivity index (χ0n) is 18.9. The van der Waals surface area contributed by atoms with Crippen molar-refractivity contribution in [2.24, 2.45) is 0 Å². The molecule has 34 heavy (non-hydrogen) atoms. The Morgan fingerprint density at radius 1 is 1.06 bits per heavy atom. The summed E-state index contributed by atoms with van der Waals surface area (Å²) in [4.78, 5) is 4.51. The third-order valence-electron chi connectivity index (χ3n) is 5.98. The Bertz CT molecular complexity index is 1170. The number of morpholine rings is 1. The lowest BCUT2D eigenvalue weighted by Gasteiger charge is -2.31. The number of hydrogen-bond acceptors (Lipinski definition) is 8. The minimum atomic E-state index is 0.622. The van der Waals surface area contributed by atoms with E-state index in [-0.39, 0.29) is 0 Å². The first kappa shape index (κ1) is 22.8. The van der Waals surface area contributed by atoms with Crippen molar-refractivity contribution < 1.29 is 9.47 Å². The van der Waals surface area contributed by atoms with Gasteiger partial charge in [0.2, 0.25) is 0 Å². The number of fused-ring (bicyclic) bond motifs is 1. The molecule has 2 aliphatic rings. The van der Waals surface area contributed by atoms with Gasteiger partial charge in [0.1, 0.15) is 5.75 Å². The molecule has 178 valence electrons. The highest BCUT2D eigenvalue weighted by atomic mass is 35.5. The van der Waals surface area contributed by atoms with Crippen LogP contribution in [0.15, 0.2) is 42.5 Å². The Balaban J connectivity index is 1.38. The first-order valence-corrected chi connectivity index (χ1v) is 11.9. The summed E-state index contributed by atoms with van der Waals surface area (Å²) < 4.78 is 11.1.